The van der Waals surface area contributed by atoms with Gasteiger partial charge in [-0.1, -0.05) is 33.6 Å². The molecule has 1 fully saturated rings. The minimum absolute atomic E-state index is 0.405. The van der Waals surface area contributed by atoms with Gasteiger partial charge in [-0.2, -0.15) is 0 Å². The van der Waals surface area contributed by atoms with Crippen LogP contribution >= 0.6 is 0 Å². The lowest BCUT2D eigenvalue weighted by Gasteiger charge is -2.29. The summed E-state index contributed by atoms with van der Waals surface area (Å²) in [4.78, 5) is 11.8. The summed E-state index contributed by atoms with van der Waals surface area (Å²) >= 11 is 0. The van der Waals surface area contributed by atoms with Crippen molar-refractivity contribution in [3.63, 3.8) is 0 Å². The molecule has 15 heavy (non-hydrogen) atoms. The number of hydrogen-bond donors (Lipinski definition) is 0. The van der Waals surface area contributed by atoms with E-state index < -0.39 is 0 Å². The number of ketones is 1. The highest BCUT2D eigenvalue weighted by Gasteiger charge is 2.26. The number of carbonyl (C=O) groups is 1. The summed E-state index contributed by atoms with van der Waals surface area (Å²) in [5, 5.41) is 0. The van der Waals surface area contributed by atoms with Gasteiger partial charge in [0.1, 0.15) is 5.78 Å². The van der Waals surface area contributed by atoms with Gasteiger partial charge in [0.05, 0.1) is 0 Å². The summed E-state index contributed by atoms with van der Waals surface area (Å²) < 4.78 is 0. The maximum atomic E-state index is 11.8. The van der Waals surface area contributed by atoms with Crippen molar-refractivity contribution in [2.45, 2.75) is 65.7 Å². The summed E-state index contributed by atoms with van der Waals surface area (Å²) in [5.74, 6) is 2.55. The monoisotopic (exact) mass is 210 g/mol. The lowest BCUT2D eigenvalue weighted by Crippen LogP contribution is -2.23. The van der Waals surface area contributed by atoms with Crippen LogP contribution < -0.4 is 0 Å². The zero-order valence-corrected chi connectivity index (χ0v) is 10.6. The predicted octanol–water partition coefficient (Wildman–Crippen LogP) is 4.21. The Morgan fingerprint density at radius 3 is 2.67 bits per heavy atom. The number of Topliss-reactive ketones (excluding diaryl/α,β-unsaturated/α-hetero) is 1. The fourth-order valence-electron chi connectivity index (χ4n) is 2.91. The molecule has 0 heterocycles. The molecule has 0 spiro atoms. The van der Waals surface area contributed by atoms with E-state index in [4.69, 9.17) is 0 Å². The van der Waals surface area contributed by atoms with Crippen molar-refractivity contribution in [2.75, 3.05) is 0 Å². The first-order chi connectivity index (χ1) is 7.13. The lowest BCUT2D eigenvalue weighted by atomic mass is 9.76. The van der Waals surface area contributed by atoms with Crippen LogP contribution in [-0.2, 0) is 4.79 Å². The highest BCUT2D eigenvalue weighted by Crippen LogP contribution is 2.34. The molecular formula is C14H26O. The molecule has 1 aliphatic carbocycles. The van der Waals surface area contributed by atoms with Gasteiger partial charge in [-0.05, 0) is 37.5 Å². The van der Waals surface area contributed by atoms with E-state index >= 15 is 0 Å². The Morgan fingerprint density at radius 2 is 2.07 bits per heavy atom. The summed E-state index contributed by atoms with van der Waals surface area (Å²) in [6.45, 7) is 6.68. The molecule has 0 radical (unpaired) electrons. The molecule has 0 amide bonds. The van der Waals surface area contributed by atoms with Crippen molar-refractivity contribution in [1.82, 2.24) is 0 Å². The van der Waals surface area contributed by atoms with E-state index in [2.05, 4.69) is 20.8 Å². The number of hydrogen-bond acceptors (Lipinski definition) is 1. The van der Waals surface area contributed by atoms with Crippen LogP contribution in [0.4, 0.5) is 0 Å². The maximum absolute atomic E-state index is 11.8. The second-order valence-electron chi connectivity index (χ2n) is 5.58. The predicted molar refractivity (Wildman–Crippen MR) is 64.8 cm³/mol. The van der Waals surface area contributed by atoms with Gasteiger partial charge in [-0.3, -0.25) is 4.79 Å². The highest BCUT2D eigenvalue weighted by molar-refractivity contribution is 5.80. The van der Waals surface area contributed by atoms with E-state index in [0.29, 0.717) is 11.7 Å². The van der Waals surface area contributed by atoms with Crippen LogP contribution in [0, 0.1) is 17.8 Å². The summed E-state index contributed by atoms with van der Waals surface area (Å²) in [6.07, 6.45) is 8.11. The van der Waals surface area contributed by atoms with Crippen LogP contribution in [0.5, 0.6) is 0 Å². The minimum Gasteiger partial charge on any atom is -0.299 e. The smallest absolute Gasteiger partial charge is 0.135 e. The Kier molecular flexibility index (Phi) is 5.35. The Balaban J connectivity index is 2.38. The molecule has 1 nitrogen and oxygen atoms in total. The molecule has 0 aromatic rings. The van der Waals surface area contributed by atoms with E-state index in [0.717, 1.165) is 31.1 Å². The zero-order valence-electron chi connectivity index (χ0n) is 10.6. The van der Waals surface area contributed by atoms with Gasteiger partial charge in [0.15, 0.2) is 0 Å². The van der Waals surface area contributed by atoms with Gasteiger partial charge in [-0.15, -0.1) is 0 Å². The average molecular weight is 210 g/mol. The molecular weight excluding hydrogens is 184 g/mol. The van der Waals surface area contributed by atoms with E-state index in [1.54, 1.807) is 0 Å². The van der Waals surface area contributed by atoms with Gasteiger partial charge >= 0.3 is 0 Å². The molecule has 0 aromatic heterocycles. The molecule has 1 saturated carbocycles. The molecule has 0 aliphatic heterocycles. The number of rotatable bonds is 5. The van der Waals surface area contributed by atoms with Gasteiger partial charge in [0.25, 0.3) is 0 Å². The highest BCUT2D eigenvalue weighted by atomic mass is 16.1. The largest absolute Gasteiger partial charge is 0.299 e. The third-order valence-electron chi connectivity index (χ3n) is 3.54. The van der Waals surface area contributed by atoms with E-state index in [1.165, 1.54) is 25.7 Å². The van der Waals surface area contributed by atoms with E-state index in [-0.39, 0.29) is 0 Å². The Bertz CT molecular complexity index is 196. The van der Waals surface area contributed by atoms with Crippen LogP contribution in [-0.4, -0.2) is 5.78 Å². The van der Waals surface area contributed by atoms with Crippen LogP contribution in [0.1, 0.15) is 65.7 Å². The second kappa shape index (κ2) is 6.30. The Labute approximate surface area is 94.6 Å². The van der Waals surface area contributed by atoms with Crippen LogP contribution in [0.25, 0.3) is 0 Å². The SMILES string of the molecule is CCCC(=O)C1CCCC(CC(C)C)C1. The number of carbonyl (C=O) groups excluding carboxylic acids is 1. The summed E-state index contributed by atoms with van der Waals surface area (Å²) in [6, 6.07) is 0. The fourth-order valence-corrected chi connectivity index (χ4v) is 2.91. The molecule has 0 saturated heterocycles. The maximum Gasteiger partial charge on any atom is 0.135 e. The second-order valence-corrected chi connectivity index (χ2v) is 5.58. The topological polar surface area (TPSA) is 17.1 Å². The molecule has 2 atom stereocenters. The van der Waals surface area contributed by atoms with Crippen molar-refractivity contribution in [1.29, 1.82) is 0 Å². The normalized spacial score (nSPS) is 26.9. The van der Waals surface area contributed by atoms with Crippen molar-refractivity contribution in [3.8, 4) is 0 Å². The molecule has 0 bridgehead atoms. The Morgan fingerprint density at radius 1 is 1.33 bits per heavy atom. The molecule has 1 heteroatoms. The van der Waals surface area contributed by atoms with Crippen LogP contribution in [0.3, 0.4) is 0 Å². The first kappa shape index (κ1) is 12.7. The zero-order chi connectivity index (χ0) is 11.3. The molecule has 1 rings (SSSR count). The van der Waals surface area contributed by atoms with Crippen molar-refractivity contribution in [2.24, 2.45) is 17.8 Å². The fraction of sp³-hybridized carbons (Fsp3) is 0.929. The first-order valence-corrected chi connectivity index (χ1v) is 6.66. The van der Waals surface area contributed by atoms with Gasteiger partial charge in [-0.25, -0.2) is 0 Å². The minimum atomic E-state index is 0.405. The Hall–Kier alpha value is -0.330. The van der Waals surface area contributed by atoms with Crippen LogP contribution in [0.15, 0.2) is 0 Å². The van der Waals surface area contributed by atoms with Crippen LogP contribution in [0.2, 0.25) is 0 Å². The molecule has 2 unspecified atom stereocenters. The standard InChI is InChI=1S/C14H26O/c1-4-6-14(15)13-8-5-7-12(10-13)9-11(2)3/h11-13H,4-10H2,1-3H3. The first-order valence-electron chi connectivity index (χ1n) is 6.66. The molecule has 0 aromatic carbocycles. The third kappa shape index (κ3) is 4.36. The quantitative estimate of drug-likeness (QED) is 0.664. The molecule has 88 valence electrons. The van der Waals surface area contributed by atoms with E-state index in [1.807, 2.05) is 0 Å². The average Bonchev–Trinajstić information content (AvgIpc) is 2.17. The summed E-state index contributed by atoms with van der Waals surface area (Å²) in [7, 11) is 0. The lowest BCUT2D eigenvalue weighted by molar-refractivity contribution is -0.124. The van der Waals surface area contributed by atoms with Gasteiger partial charge in [0.2, 0.25) is 0 Å². The third-order valence-corrected chi connectivity index (χ3v) is 3.54. The van der Waals surface area contributed by atoms with Crippen molar-refractivity contribution < 1.29 is 4.79 Å². The van der Waals surface area contributed by atoms with E-state index in [9.17, 15) is 4.79 Å². The van der Waals surface area contributed by atoms with Crippen molar-refractivity contribution in [3.05, 3.63) is 0 Å². The van der Waals surface area contributed by atoms with Gasteiger partial charge < -0.3 is 0 Å². The molecule has 1 aliphatic rings. The van der Waals surface area contributed by atoms with Crippen molar-refractivity contribution >= 4 is 5.78 Å². The summed E-state index contributed by atoms with van der Waals surface area (Å²) in [5.41, 5.74) is 0. The van der Waals surface area contributed by atoms with Gasteiger partial charge in [0, 0.05) is 12.3 Å². The molecule has 0 N–H and O–H groups in total.